The van der Waals surface area contributed by atoms with E-state index in [4.69, 9.17) is 0 Å². The van der Waals surface area contributed by atoms with Crippen LogP contribution in [0.3, 0.4) is 0 Å². The van der Waals surface area contributed by atoms with Crippen LogP contribution < -0.4 is 16.0 Å². The molecule has 1 aromatic heterocycles. The molecule has 1 saturated heterocycles. The molecule has 0 bridgehead atoms. The molecule has 2 aromatic rings. The van der Waals surface area contributed by atoms with Gasteiger partial charge in [-0.2, -0.15) is 0 Å². The Hall–Kier alpha value is -2.18. The van der Waals surface area contributed by atoms with Crippen LogP contribution in [-0.2, 0) is 4.79 Å². The van der Waals surface area contributed by atoms with Crippen LogP contribution in [0.25, 0.3) is 10.9 Å². The highest BCUT2D eigenvalue weighted by Crippen LogP contribution is 2.21. The van der Waals surface area contributed by atoms with Gasteiger partial charge in [0.15, 0.2) is 0 Å². The van der Waals surface area contributed by atoms with Crippen molar-refractivity contribution in [3.8, 4) is 0 Å². The molecule has 7 heteroatoms. The molecule has 0 aliphatic carbocycles. The molecule has 24 heavy (non-hydrogen) atoms. The second-order valence-electron chi connectivity index (χ2n) is 5.57. The number of para-hydroxylation sites is 1. The minimum absolute atomic E-state index is 0. The Balaban J connectivity index is 0.00000208. The second kappa shape index (κ2) is 8.08. The zero-order valence-electron chi connectivity index (χ0n) is 13.5. The van der Waals surface area contributed by atoms with E-state index in [1.165, 1.54) is 0 Å². The van der Waals surface area contributed by atoms with Gasteiger partial charge in [0.05, 0.1) is 17.1 Å². The van der Waals surface area contributed by atoms with Gasteiger partial charge in [-0.25, -0.2) is 4.98 Å². The van der Waals surface area contributed by atoms with Gasteiger partial charge in [0.2, 0.25) is 5.91 Å². The first-order valence-electron chi connectivity index (χ1n) is 7.91. The largest absolute Gasteiger partial charge is 0.352 e. The highest BCUT2D eigenvalue weighted by Gasteiger charge is 2.23. The number of nitrogens with zero attached hydrogens (tertiary/aromatic N) is 1. The van der Waals surface area contributed by atoms with Crippen LogP contribution in [-0.4, -0.2) is 35.9 Å². The van der Waals surface area contributed by atoms with Gasteiger partial charge in [0.1, 0.15) is 5.82 Å². The van der Waals surface area contributed by atoms with E-state index in [0.717, 1.165) is 24.8 Å². The summed E-state index contributed by atoms with van der Waals surface area (Å²) >= 11 is 0. The minimum Gasteiger partial charge on any atom is -0.352 e. The molecule has 0 spiro atoms. The molecule has 1 atom stereocenters. The Kier molecular flexibility index (Phi) is 6.11. The Morgan fingerprint density at radius 2 is 2.12 bits per heavy atom. The van der Waals surface area contributed by atoms with Crippen LogP contribution in [0.15, 0.2) is 30.3 Å². The standard InChI is InChI=1S/C17H20N4O2.ClH/c1-2-18-16(22)12-10-15(20-13-7-4-3-6-11(12)13)21-17(23)14-8-5-9-19-14;/h3-4,6-7,10,14,19H,2,5,8-9H2,1H3,(H,18,22)(H,20,21,23);1H. The average Bonchev–Trinajstić information content (AvgIpc) is 3.09. The van der Waals surface area contributed by atoms with Gasteiger partial charge in [-0.15, -0.1) is 12.4 Å². The van der Waals surface area contributed by atoms with Crippen LogP contribution in [0, 0.1) is 0 Å². The monoisotopic (exact) mass is 348 g/mol. The zero-order valence-corrected chi connectivity index (χ0v) is 14.3. The number of rotatable bonds is 4. The molecule has 0 radical (unpaired) electrons. The molecule has 2 amide bonds. The van der Waals surface area contributed by atoms with Gasteiger partial charge in [-0.05, 0) is 38.4 Å². The van der Waals surface area contributed by atoms with Crippen LogP contribution in [0.4, 0.5) is 5.82 Å². The van der Waals surface area contributed by atoms with E-state index in [1.54, 1.807) is 6.07 Å². The number of halogens is 1. The first-order valence-corrected chi connectivity index (χ1v) is 7.91. The lowest BCUT2D eigenvalue weighted by molar-refractivity contribution is -0.117. The number of fused-ring (bicyclic) bond motifs is 1. The quantitative estimate of drug-likeness (QED) is 0.790. The van der Waals surface area contributed by atoms with Gasteiger partial charge in [-0.1, -0.05) is 18.2 Å². The third-order valence-corrected chi connectivity index (χ3v) is 3.93. The van der Waals surface area contributed by atoms with Crippen molar-refractivity contribution in [2.75, 3.05) is 18.4 Å². The molecule has 128 valence electrons. The Bertz CT molecular complexity index is 744. The second-order valence-corrected chi connectivity index (χ2v) is 5.57. The Morgan fingerprint density at radius 3 is 2.83 bits per heavy atom. The molecule has 1 aliphatic rings. The number of pyridine rings is 1. The fraction of sp³-hybridized carbons (Fsp3) is 0.353. The van der Waals surface area contributed by atoms with E-state index in [9.17, 15) is 9.59 Å². The normalized spacial score (nSPS) is 16.5. The summed E-state index contributed by atoms with van der Waals surface area (Å²) in [6, 6.07) is 8.88. The summed E-state index contributed by atoms with van der Waals surface area (Å²) in [7, 11) is 0. The van der Waals surface area contributed by atoms with Crippen molar-refractivity contribution < 1.29 is 9.59 Å². The lowest BCUT2D eigenvalue weighted by atomic mass is 10.1. The maximum absolute atomic E-state index is 12.3. The summed E-state index contributed by atoms with van der Waals surface area (Å²) in [6.07, 6.45) is 1.82. The lowest BCUT2D eigenvalue weighted by Gasteiger charge is -2.13. The van der Waals surface area contributed by atoms with E-state index in [0.29, 0.717) is 23.4 Å². The SMILES string of the molecule is CCNC(=O)c1cc(NC(=O)C2CCCN2)nc2ccccc12.Cl. The number of anilines is 1. The topological polar surface area (TPSA) is 83.1 Å². The molecule has 1 fully saturated rings. The summed E-state index contributed by atoms with van der Waals surface area (Å²) in [5.41, 5.74) is 1.21. The molecule has 0 saturated carbocycles. The molecular weight excluding hydrogens is 328 g/mol. The van der Waals surface area contributed by atoms with E-state index in [2.05, 4.69) is 20.9 Å². The van der Waals surface area contributed by atoms with Crippen molar-refractivity contribution >= 4 is 40.9 Å². The molecule has 2 heterocycles. The number of aromatic nitrogens is 1. The molecular formula is C17H21ClN4O2. The zero-order chi connectivity index (χ0) is 16.2. The number of hydrogen-bond acceptors (Lipinski definition) is 4. The van der Waals surface area contributed by atoms with Crippen molar-refractivity contribution in [2.45, 2.75) is 25.8 Å². The van der Waals surface area contributed by atoms with E-state index in [1.807, 2.05) is 31.2 Å². The maximum atomic E-state index is 12.3. The molecule has 1 aromatic carbocycles. The van der Waals surface area contributed by atoms with Crippen LogP contribution in [0.1, 0.15) is 30.1 Å². The predicted octanol–water partition coefficient (Wildman–Crippen LogP) is 2.10. The van der Waals surface area contributed by atoms with E-state index >= 15 is 0 Å². The fourth-order valence-electron chi connectivity index (χ4n) is 2.80. The lowest BCUT2D eigenvalue weighted by Crippen LogP contribution is -2.35. The average molecular weight is 349 g/mol. The van der Waals surface area contributed by atoms with Crippen molar-refractivity contribution in [3.63, 3.8) is 0 Å². The fourth-order valence-corrected chi connectivity index (χ4v) is 2.80. The van der Waals surface area contributed by atoms with Crippen molar-refractivity contribution in [3.05, 3.63) is 35.9 Å². The predicted molar refractivity (Wildman–Crippen MR) is 96.7 cm³/mol. The van der Waals surface area contributed by atoms with Gasteiger partial charge in [0, 0.05) is 11.9 Å². The smallest absolute Gasteiger partial charge is 0.252 e. The summed E-state index contributed by atoms with van der Waals surface area (Å²) in [5.74, 6) is 0.136. The third-order valence-electron chi connectivity index (χ3n) is 3.93. The first kappa shape index (κ1) is 18.2. The van der Waals surface area contributed by atoms with Crippen LogP contribution in [0.5, 0.6) is 0 Å². The number of hydrogen-bond donors (Lipinski definition) is 3. The molecule has 1 aliphatic heterocycles. The maximum Gasteiger partial charge on any atom is 0.252 e. The van der Waals surface area contributed by atoms with Gasteiger partial charge in [-0.3, -0.25) is 9.59 Å². The molecule has 6 nitrogen and oxygen atoms in total. The summed E-state index contributed by atoms with van der Waals surface area (Å²) in [4.78, 5) is 29.0. The van der Waals surface area contributed by atoms with Gasteiger partial charge < -0.3 is 16.0 Å². The molecule has 3 N–H and O–H groups in total. The molecule has 1 unspecified atom stereocenters. The van der Waals surface area contributed by atoms with E-state index in [-0.39, 0.29) is 30.3 Å². The van der Waals surface area contributed by atoms with E-state index < -0.39 is 0 Å². The number of benzene rings is 1. The summed E-state index contributed by atoms with van der Waals surface area (Å²) in [6.45, 7) is 3.27. The number of carbonyl (C=O) groups is 2. The number of nitrogens with one attached hydrogen (secondary N) is 3. The van der Waals surface area contributed by atoms with Crippen LogP contribution in [0.2, 0.25) is 0 Å². The van der Waals surface area contributed by atoms with Crippen molar-refractivity contribution in [2.24, 2.45) is 0 Å². The Morgan fingerprint density at radius 1 is 1.33 bits per heavy atom. The van der Waals surface area contributed by atoms with Crippen molar-refractivity contribution in [1.29, 1.82) is 0 Å². The number of carbonyl (C=O) groups excluding carboxylic acids is 2. The minimum atomic E-state index is -0.184. The first-order chi connectivity index (χ1) is 11.2. The third kappa shape index (κ3) is 3.83. The van der Waals surface area contributed by atoms with Crippen LogP contribution >= 0.6 is 12.4 Å². The van der Waals surface area contributed by atoms with Gasteiger partial charge in [0.25, 0.3) is 5.91 Å². The number of amides is 2. The van der Waals surface area contributed by atoms with Crippen molar-refractivity contribution in [1.82, 2.24) is 15.6 Å². The molecule has 3 rings (SSSR count). The Labute approximate surface area is 146 Å². The highest BCUT2D eigenvalue weighted by atomic mass is 35.5. The van der Waals surface area contributed by atoms with Gasteiger partial charge >= 0.3 is 0 Å². The summed E-state index contributed by atoms with van der Waals surface area (Å²) in [5, 5.41) is 9.54. The summed E-state index contributed by atoms with van der Waals surface area (Å²) < 4.78 is 0. The highest BCUT2D eigenvalue weighted by molar-refractivity contribution is 6.07.